The van der Waals surface area contributed by atoms with Gasteiger partial charge >= 0.3 is 0 Å². The zero-order valence-corrected chi connectivity index (χ0v) is 7.35. The standard InChI is InChI=1S/C7H5BrFNO/c1-4(11)7-6(8)2-5(9)3-10-7/h2-3H,1H3. The molecule has 0 saturated carbocycles. The average molecular weight is 218 g/mol. The number of hydrogen-bond donors (Lipinski definition) is 0. The van der Waals surface area contributed by atoms with Crippen molar-refractivity contribution in [1.82, 2.24) is 4.98 Å². The summed E-state index contributed by atoms with van der Waals surface area (Å²) >= 11 is 3.02. The van der Waals surface area contributed by atoms with Crippen molar-refractivity contribution in [1.29, 1.82) is 0 Å². The molecule has 0 N–H and O–H groups in total. The SMILES string of the molecule is CC(=O)c1ncc(F)cc1Br. The first-order valence-corrected chi connectivity index (χ1v) is 3.72. The number of rotatable bonds is 1. The second-order valence-corrected chi connectivity index (χ2v) is 2.89. The van der Waals surface area contributed by atoms with Crippen LogP contribution in [0.3, 0.4) is 0 Å². The Bertz CT molecular complexity index is 300. The summed E-state index contributed by atoms with van der Waals surface area (Å²) in [6.07, 6.45) is 1.02. The Kier molecular flexibility index (Phi) is 2.34. The van der Waals surface area contributed by atoms with Gasteiger partial charge in [0, 0.05) is 11.4 Å². The molecule has 0 fully saturated rings. The monoisotopic (exact) mass is 217 g/mol. The number of aromatic nitrogens is 1. The Hall–Kier alpha value is -0.770. The lowest BCUT2D eigenvalue weighted by Crippen LogP contribution is -1.98. The summed E-state index contributed by atoms with van der Waals surface area (Å²) in [7, 11) is 0. The largest absolute Gasteiger partial charge is 0.293 e. The van der Waals surface area contributed by atoms with Crippen molar-refractivity contribution in [2.75, 3.05) is 0 Å². The molecule has 0 bridgehead atoms. The van der Waals surface area contributed by atoms with Crippen LogP contribution in [0, 0.1) is 5.82 Å². The molecule has 0 aliphatic rings. The molecule has 1 aromatic rings. The normalized spacial score (nSPS) is 9.73. The van der Waals surface area contributed by atoms with Gasteiger partial charge in [0.1, 0.15) is 11.5 Å². The van der Waals surface area contributed by atoms with Gasteiger partial charge in [0.15, 0.2) is 5.78 Å². The predicted octanol–water partition coefficient (Wildman–Crippen LogP) is 2.19. The Morgan fingerprint density at radius 1 is 1.73 bits per heavy atom. The molecule has 0 spiro atoms. The zero-order valence-electron chi connectivity index (χ0n) is 5.77. The van der Waals surface area contributed by atoms with E-state index < -0.39 is 5.82 Å². The van der Waals surface area contributed by atoms with E-state index >= 15 is 0 Å². The summed E-state index contributed by atoms with van der Waals surface area (Å²) in [4.78, 5) is 14.4. The molecule has 0 aliphatic carbocycles. The maximum Gasteiger partial charge on any atom is 0.179 e. The van der Waals surface area contributed by atoms with Gasteiger partial charge in [0.25, 0.3) is 0 Å². The highest BCUT2D eigenvalue weighted by molar-refractivity contribution is 9.10. The Morgan fingerprint density at radius 3 is 2.82 bits per heavy atom. The molecule has 0 saturated heterocycles. The number of nitrogens with zero attached hydrogens (tertiary/aromatic N) is 1. The van der Waals surface area contributed by atoms with E-state index in [4.69, 9.17) is 0 Å². The molecule has 0 aromatic carbocycles. The Balaban J connectivity index is 3.20. The lowest BCUT2D eigenvalue weighted by molar-refractivity contribution is 0.101. The van der Waals surface area contributed by atoms with Gasteiger partial charge in [-0.15, -0.1) is 0 Å². The average Bonchev–Trinajstić information content (AvgIpc) is 1.85. The van der Waals surface area contributed by atoms with Crippen LogP contribution < -0.4 is 0 Å². The minimum atomic E-state index is -0.457. The highest BCUT2D eigenvalue weighted by atomic mass is 79.9. The predicted molar refractivity (Wildman–Crippen MR) is 41.9 cm³/mol. The lowest BCUT2D eigenvalue weighted by atomic mass is 10.3. The van der Waals surface area contributed by atoms with Crippen molar-refractivity contribution in [3.8, 4) is 0 Å². The number of Topliss-reactive ketones (excluding diaryl/α,β-unsaturated/α-hetero) is 1. The first-order valence-electron chi connectivity index (χ1n) is 2.93. The molecule has 2 nitrogen and oxygen atoms in total. The third-order valence-electron chi connectivity index (χ3n) is 1.14. The fourth-order valence-electron chi connectivity index (χ4n) is 0.674. The summed E-state index contributed by atoms with van der Waals surface area (Å²) in [5, 5.41) is 0. The molecule has 0 aliphatic heterocycles. The summed E-state index contributed by atoms with van der Waals surface area (Å²) in [5.74, 6) is -0.640. The van der Waals surface area contributed by atoms with Crippen LogP contribution >= 0.6 is 15.9 Å². The maximum atomic E-state index is 12.4. The quantitative estimate of drug-likeness (QED) is 0.676. The van der Waals surface area contributed by atoms with Gasteiger partial charge in [-0.3, -0.25) is 4.79 Å². The van der Waals surface area contributed by atoms with E-state index in [1.54, 1.807) is 0 Å². The van der Waals surface area contributed by atoms with Crippen molar-refractivity contribution in [3.63, 3.8) is 0 Å². The minimum Gasteiger partial charge on any atom is -0.293 e. The molecule has 0 atom stereocenters. The fourth-order valence-corrected chi connectivity index (χ4v) is 1.27. The van der Waals surface area contributed by atoms with Crippen LogP contribution in [-0.2, 0) is 0 Å². The van der Waals surface area contributed by atoms with E-state index in [1.165, 1.54) is 13.0 Å². The van der Waals surface area contributed by atoms with Crippen LogP contribution in [0.4, 0.5) is 4.39 Å². The van der Waals surface area contributed by atoms with Gasteiger partial charge < -0.3 is 0 Å². The van der Waals surface area contributed by atoms with Gasteiger partial charge in [-0.05, 0) is 22.0 Å². The summed E-state index contributed by atoms with van der Waals surface area (Å²) in [6.45, 7) is 1.38. The summed E-state index contributed by atoms with van der Waals surface area (Å²) in [5.41, 5.74) is 0.256. The topological polar surface area (TPSA) is 30.0 Å². The van der Waals surface area contributed by atoms with Crippen LogP contribution in [0.1, 0.15) is 17.4 Å². The van der Waals surface area contributed by atoms with E-state index in [9.17, 15) is 9.18 Å². The number of ketones is 1. The molecule has 0 amide bonds. The Labute approximate surface area is 71.6 Å². The van der Waals surface area contributed by atoms with Crippen LogP contribution in [0.25, 0.3) is 0 Å². The molecule has 1 rings (SSSR count). The van der Waals surface area contributed by atoms with Crippen LogP contribution in [0.5, 0.6) is 0 Å². The third-order valence-corrected chi connectivity index (χ3v) is 1.75. The van der Waals surface area contributed by atoms with Crippen molar-refractivity contribution >= 4 is 21.7 Å². The van der Waals surface area contributed by atoms with Crippen molar-refractivity contribution in [3.05, 3.63) is 28.2 Å². The second kappa shape index (κ2) is 3.09. The van der Waals surface area contributed by atoms with Crippen molar-refractivity contribution < 1.29 is 9.18 Å². The van der Waals surface area contributed by atoms with E-state index in [0.717, 1.165) is 6.20 Å². The molecule has 0 radical (unpaired) electrons. The molecular weight excluding hydrogens is 213 g/mol. The van der Waals surface area contributed by atoms with Crippen LogP contribution in [0.2, 0.25) is 0 Å². The minimum absolute atomic E-state index is 0.183. The molecule has 1 aromatic heterocycles. The second-order valence-electron chi connectivity index (χ2n) is 2.04. The number of hydrogen-bond acceptors (Lipinski definition) is 2. The molecule has 11 heavy (non-hydrogen) atoms. The van der Waals surface area contributed by atoms with E-state index in [2.05, 4.69) is 20.9 Å². The molecule has 58 valence electrons. The van der Waals surface area contributed by atoms with Gasteiger partial charge in [0.2, 0.25) is 0 Å². The van der Waals surface area contributed by atoms with Gasteiger partial charge in [-0.2, -0.15) is 0 Å². The summed E-state index contributed by atoms with van der Waals surface area (Å²) in [6, 6.07) is 1.21. The van der Waals surface area contributed by atoms with E-state index in [0.29, 0.717) is 4.47 Å². The first kappa shape index (κ1) is 8.33. The first-order chi connectivity index (χ1) is 5.11. The number of carbonyl (C=O) groups excluding carboxylic acids is 1. The van der Waals surface area contributed by atoms with E-state index in [-0.39, 0.29) is 11.5 Å². The van der Waals surface area contributed by atoms with Crippen LogP contribution in [-0.4, -0.2) is 10.8 Å². The molecule has 1 heterocycles. The zero-order chi connectivity index (χ0) is 8.43. The third kappa shape index (κ3) is 1.83. The summed E-state index contributed by atoms with van der Waals surface area (Å²) < 4.78 is 12.8. The Morgan fingerprint density at radius 2 is 2.36 bits per heavy atom. The van der Waals surface area contributed by atoms with Gasteiger partial charge in [0.05, 0.1) is 6.20 Å². The molecule has 0 unspecified atom stereocenters. The highest BCUT2D eigenvalue weighted by Crippen LogP contribution is 2.15. The fraction of sp³-hybridized carbons (Fsp3) is 0.143. The van der Waals surface area contributed by atoms with Crippen molar-refractivity contribution in [2.45, 2.75) is 6.92 Å². The number of pyridine rings is 1. The smallest absolute Gasteiger partial charge is 0.179 e. The van der Waals surface area contributed by atoms with Gasteiger partial charge in [-0.1, -0.05) is 0 Å². The van der Waals surface area contributed by atoms with Gasteiger partial charge in [-0.25, -0.2) is 9.37 Å². The number of carbonyl (C=O) groups is 1. The maximum absolute atomic E-state index is 12.4. The highest BCUT2D eigenvalue weighted by Gasteiger charge is 2.06. The lowest BCUT2D eigenvalue weighted by Gasteiger charge is -1.96. The molecular formula is C7H5BrFNO. The van der Waals surface area contributed by atoms with E-state index in [1.807, 2.05) is 0 Å². The van der Waals surface area contributed by atoms with Crippen molar-refractivity contribution in [2.24, 2.45) is 0 Å². The van der Waals surface area contributed by atoms with Crippen LogP contribution in [0.15, 0.2) is 16.7 Å². The number of halogens is 2. The molecule has 4 heteroatoms.